The highest BCUT2D eigenvalue weighted by molar-refractivity contribution is 4.98. The van der Waals surface area contributed by atoms with Crippen LogP contribution in [-0.4, -0.2) is 9.78 Å². The summed E-state index contributed by atoms with van der Waals surface area (Å²) in [7, 11) is 0. The third-order valence-corrected chi connectivity index (χ3v) is 1.54. The Morgan fingerprint density at radius 1 is 1.60 bits per heavy atom. The molecule has 0 unspecified atom stereocenters. The number of rotatable bonds is 3. The van der Waals surface area contributed by atoms with Crippen molar-refractivity contribution in [2.45, 2.75) is 33.2 Å². The topological polar surface area (TPSA) is 17.8 Å². The van der Waals surface area contributed by atoms with Crippen LogP contribution < -0.4 is 0 Å². The Labute approximate surface area is 61.9 Å². The lowest BCUT2D eigenvalue weighted by Gasteiger charge is -2.01. The van der Waals surface area contributed by atoms with Crippen molar-refractivity contribution in [3.8, 4) is 0 Å². The summed E-state index contributed by atoms with van der Waals surface area (Å²) in [6.07, 6.45) is 5.04. The molecule has 1 aromatic rings. The maximum Gasteiger partial charge on any atom is 0.113 e. The second-order valence-electron chi connectivity index (χ2n) is 2.34. The minimum atomic E-state index is 1.02. The Balaban J connectivity index is 2.70. The third-order valence-electron chi connectivity index (χ3n) is 1.54. The highest BCUT2D eigenvalue weighted by atomic mass is 15.3. The fourth-order valence-electron chi connectivity index (χ4n) is 1.00. The summed E-state index contributed by atoms with van der Waals surface area (Å²) < 4.78 is 2.01. The van der Waals surface area contributed by atoms with Crippen molar-refractivity contribution in [1.29, 1.82) is 0 Å². The van der Waals surface area contributed by atoms with E-state index in [2.05, 4.69) is 25.1 Å². The molecule has 55 valence electrons. The van der Waals surface area contributed by atoms with Gasteiger partial charge in [-0.15, -0.1) is 0 Å². The van der Waals surface area contributed by atoms with Crippen molar-refractivity contribution in [2.75, 3.05) is 0 Å². The van der Waals surface area contributed by atoms with E-state index in [1.165, 1.54) is 5.69 Å². The first-order valence-electron chi connectivity index (χ1n) is 3.81. The average molecular weight is 137 g/mol. The second-order valence-corrected chi connectivity index (χ2v) is 2.34. The Morgan fingerprint density at radius 3 is 3.00 bits per heavy atom. The lowest BCUT2D eigenvalue weighted by Crippen LogP contribution is -2.02. The molecule has 1 aromatic heterocycles. The van der Waals surface area contributed by atoms with E-state index in [4.69, 9.17) is 0 Å². The summed E-state index contributed by atoms with van der Waals surface area (Å²) in [5, 5.41) is 4.07. The molecule has 0 saturated heterocycles. The summed E-state index contributed by atoms with van der Waals surface area (Å²) in [5.74, 6) is 0. The monoisotopic (exact) mass is 137 g/mol. The lowest BCUT2D eigenvalue weighted by molar-refractivity contribution is 0.576. The number of aryl methyl sites for hydroxylation is 2. The van der Waals surface area contributed by atoms with E-state index in [0.717, 1.165) is 19.4 Å². The zero-order valence-electron chi connectivity index (χ0n) is 6.59. The average Bonchev–Trinajstić information content (AvgIpc) is 2.36. The molecule has 1 radical (unpaired) electrons. The molecule has 0 aromatic carbocycles. The summed E-state index contributed by atoms with van der Waals surface area (Å²) in [6, 6.07) is 1.95. The van der Waals surface area contributed by atoms with E-state index in [1.54, 1.807) is 0 Å². The van der Waals surface area contributed by atoms with Gasteiger partial charge in [-0.2, -0.15) is 5.10 Å². The molecule has 0 fully saturated rings. The van der Waals surface area contributed by atoms with Gasteiger partial charge in [0.25, 0.3) is 0 Å². The van der Waals surface area contributed by atoms with Gasteiger partial charge in [0.05, 0.1) is 0 Å². The molecule has 0 aliphatic heterocycles. The number of hydrogen-bond donors (Lipinski definition) is 0. The zero-order chi connectivity index (χ0) is 7.40. The van der Waals surface area contributed by atoms with Crippen molar-refractivity contribution < 1.29 is 0 Å². The minimum Gasteiger partial charge on any atom is -0.269 e. The highest BCUT2D eigenvalue weighted by Gasteiger charge is 1.96. The molecule has 0 atom stereocenters. The normalized spacial score (nSPS) is 10.2. The number of aromatic nitrogens is 2. The van der Waals surface area contributed by atoms with Gasteiger partial charge in [-0.3, -0.25) is 4.68 Å². The van der Waals surface area contributed by atoms with Crippen molar-refractivity contribution in [2.24, 2.45) is 0 Å². The van der Waals surface area contributed by atoms with E-state index in [1.807, 2.05) is 10.7 Å². The lowest BCUT2D eigenvalue weighted by atomic mass is 10.3. The van der Waals surface area contributed by atoms with Gasteiger partial charge in [0.15, 0.2) is 0 Å². The first kappa shape index (κ1) is 7.32. The summed E-state index contributed by atoms with van der Waals surface area (Å²) in [6.45, 7) is 5.31. The van der Waals surface area contributed by atoms with E-state index in [9.17, 15) is 0 Å². The van der Waals surface area contributed by atoms with Crippen LogP contribution in [0.25, 0.3) is 0 Å². The van der Waals surface area contributed by atoms with E-state index >= 15 is 0 Å². The van der Waals surface area contributed by atoms with Gasteiger partial charge < -0.3 is 0 Å². The van der Waals surface area contributed by atoms with E-state index in [0.29, 0.717) is 0 Å². The molecule has 0 aliphatic rings. The summed E-state index contributed by atoms with van der Waals surface area (Å²) in [5.41, 5.74) is 1.28. The van der Waals surface area contributed by atoms with Crippen LogP contribution in [0.15, 0.2) is 6.07 Å². The van der Waals surface area contributed by atoms with Crippen molar-refractivity contribution in [3.05, 3.63) is 18.0 Å². The molecule has 0 bridgehead atoms. The van der Waals surface area contributed by atoms with Gasteiger partial charge in [-0.1, -0.05) is 13.8 Å². The van der Waals surface area contributed by atoms with E-state index < -0.39 is 0 Å². The second kappa shape index (κ2) is 3.40. The van der Waals surface area contributed by atoms with Crippen molar-refractivity contribution >= 4 is 0 Å². The van der Waals surface area contributed by atoms with Crippen LogP contribution in [-0.2, 0) is 13.0 Å². The first-order valence-corrected chi connectivity index (χ1v) is 3.81. The van der Waals surface area contributed by atoms with Gasteiger partial charge >= 0.3 is 0 Å². The van der Waals surface area contributed by atoms with Crippen LogP contribution in [0.1, 0.15) is 26.0 Å². The van der Waals surface area contributed by atoms with Crippen LogP contribution >= 0.6 is 0 Å². The standard InChI is InChI=1S/C8H13N2/c1-3-7-10-8(4-2)5-6-9-10/h5H,3-4,7H2,1-2H3. The largest absolute Gasteiger partial charge is 0.269 e. The molecular weight excluding hydrogens is 124 g/mol. The van der Waals surface area contributed by atoms with Crippen LogP contribution in [0.4, 0.5) is 0 Å². The van der Waals surface area contributed by atoms with Crippen molar-refractivity contribution in [1.82, 2.24) is 9.78 Å². The van der Waals surface area contributed by atoms with Crippen LogP contribution in [0.3, 0.4) is 0 Å². The van der Waals surface area contributed by atoms with Crippen molar-refractivity contribution in [3.63, 3.8) is 0 Å². The summed E-state index contributed by atoms with van der Waals surface area (Å²) >= 11 is 0. The molecule has 0 aliphatic carbocycles. The van der Waals surface area contributed by atoms with E-state index in [-0.39, 0.29) is 0 Å². The molecule has 2 nitrogen and oxygen atoms in total. The van der Waals surface area contributed by atoms with Crippen LogP contribution in [0.5, 0.6) is 0 Å². The molecule has 10 heavy (non-hydrogen) atoms. The molecule has 0 spiro atoms. The molecular formula is C8H13N2. The Bertz CT molecular complexity index is 191. The first-order chi connectivity index (χ1) is 4.88. The molecule has 2 heteroatoms. The Kier molecular flexibility index (Phi) is 2.49. The van der Waals surface area contributed by atoms with Crippen LogP contribution in [0, 0.1) is 6.20 Å². The summed E-state index contributed by atoms with van der Waals surface area (Å²) in [4.78, 5) is 0. The Hall–Kier alpha value is -0.790. The SMILES string of the molecule is CCCn1n[c]cc1CC. The fraction of sp³-hybridized carbons (Fsp3) is 0.625. The molecule has 0 saturated carbocycles. The highest BCUT2D eigenvalue weighted by Crippen LogP contribution is 1.99. The van der Waals surface area contributed by atoms with Gasteiger partial charge in [-0.25, -0.2) is 0 Å². The maximum atomic E-state index is 4.07. The molecule has 1 rings (SSSR count). The van der Waals surface area contributed by atoms with Gasteiger partial charge in [0.2, 0.25) is 0 Å². The third kappa shape index (κ3) is 1.38. The maximum absolute atomic E-state index is 4.07. The predicted octanol–water partition coefficient (Wildman–Crippen LogP) is 1.66. The van der Waals surface area contributed by atoms with Crippen LogP contribution in [0.2, 0.25) is 0 Å². The predicted molar refractivity (Wildman–Crippen MR) is 40.7 cm³/mol. The van der Waals surface area contributed by atoms with Gasteiger partial charge in [-0.05, 0) is 18.9 Å². The Morgan fingerprint density at radius 2 is 2.40 bits per heavy atom. The molecule has 0 amide bonds. The smallest absolute Gasteiger partial charge is 0.113 e. The zero-order valence-corrected chi connectivity index (χ0v) is 6.59. The number of nitrogens with zero attached hydrogens (tertiary/aromatic N) is 2. The van der Waals surface area contributed by atoms with Gasteiger partial charge in [0.1, 0.15) is 6.20 Å². The molecule has 1 heterocycles. The molecule has 0 N–H and O–H groups in total. The quantitative estimate of drug-likeness (QED) is 0.619. The van der Waals surface area contributed by atoms with Gasteiger partial charge in [0, 0.05) is 12.2 Å². The fourth-order valence-corrected chi connectivity index (χ4v) is 1.00. The number of hydrogen-bond acceptors (Lipinski definition) is 1. The minimum absolute atomic E-state index is 1.02.